The summed E-state index contributed by atoms with van der Waals surface area (Å²) in [6.45, 7) is 1.80. The Kier molecular flexibility index (Phi) is 4.17. The summed E-state index contributed by atoms with van der Waals surface area (Å²) < 4.78 is 31.1. The van der Waals surface area contributed by atoms with Crippen LogP contribution in [0.3, 0.4) is 0 Å². The third-order valence-electron chi connectivity index (χ3n) is 2.36. The number of hydrogen-bond acceptors (Lipinski definition) is 2. The molecule has 15 heavy (non-hydrogen) atoms. The van der Waals surface area contributed by atoms with Crippen LogP contribution in [-0.4, -0.2) is 18.3 Å². The van der Waals surface area contributed by atoms with Gasteiger partial charge >= 0.3 is 0 Å². The van der Waals surface area contributed by atoms with E-state index in [-0.39, 0.29) is 5.56 Å². The molecular weight excluding hydrogens is 202 g/mol. The summed E-state index contributed by atoms with van der Waals surface area (Å²) in [6.07, 6.45) is -1.15. The molecule has 0 heterocycles. The van der Waals surface area contributed by atoms with E-state index in [1.54, 1.807) is 6.92 Å². The molecule has 0 fully saturated rings. The van der Waals surface area contributed by atoms with E-state index in [1.165, 1.54) is 19.2 Å². The van der Waals surface area contributed by atoms with E-state index in [2.05, 4.69) is 0 Å². The van der Waals surface area contributed by atoms with Gasteiger partial charge in [-0.15, -0.1) is 0 Å². The fourth-order valence-electron chi connectivity index (χ4n) is 1.47. The molecule has 1 rings (SSSR count). The Bertz CT molecular complexity index is 324. The Morgan fingerprint density at radius 2 is 2.07 bits per heavy atom. The maximum atomic E-state index is 13.3. The molecule has 0 aliphatic heterocycles. The third-order valence-corrected chi connectivity index (χ3v) is 2.36. The van der Waals surface area contributed by atoms with Gasteiger partial charge < -0.3 is 9.84 Å². The zero-order valence-corrected chi connectivity index (χ0v) is 8.71. The molecule has 0 amide bonds. The molecule has 2 nitrogen and oxygen atoms in total. The molecule has 0 spiro atoms. The van der Waals surface area contributed by atoms with Gasteiger partial charge in [-0.1, -0.05) is 19.1 Å². The van der Waals surface area contributed by atoms with Gasteiger partial charge in [0, 0.05) is 12.7 Å². The minimum atomic E-state index is -1.14. The van der Waals surface area contributed by atoms with Crippen molar-refractivity contribution in [2.24, 2.45) is 0 Å². The second-order valence-electron chi connectivity index (χ2n) is 3.27. The lowest BCUT2D eigenvalue weighted by atomic mass is 10.0. The first-order chi connectivity index (χ1) is 7.11. The largest absolute Gasteiger partial charge is 0.386 e. The maximum absolute atomic E-state index is 13.3. The van der Waals surface area contributed by atoms with E-state index in [0.29, 0.717) is 6.42 Å². The molecule has 0 saturated heterocycles. The summed E-state index contributed by atoms with van der Waals surface area (Å²) in [5, 5.41) is 9.75. The van der Waals surface area contributed by atoms with E-state index < -0.39 is 23.8 Å². The van der Waals surface area contributed by atoms with Gasteiger partial charge in [-0.05, 0) is 12.5 Å². The number of benzene rings is 1. The Hall–Kier alpha value is -1.00. The summed E-state index contributed by atoms with van der Waals surface area (Å²) >= 11 is 0. The van der Waals surface area contributed by atoms with Crippen LogP contribution < -0.4 is 0 Å². The van der Waals surface area contributed by atoms with E-state index in [9.17, 15) is 13.9 Å². The second kappa shape index (κ2) is 5.19. The van der Waals surface area contributed by atoms with Crippen LogP contribution in [0.15, 0.2) is 18.2 Å². The number of aliphatic hydroxyl groups excluding tert-OH is 1. The Balaban J connectivity index is 2.99. The number of halogens is 2. The molecule has 0 aliphatic carbocycles. The van der Waals surface area contributed by atoms with Crippen molar-refractivity contribution in [3.63, 3.8) is 0 Å². The quantitative estimate of drug-likeness (QED) is 0.837. The predicted octanol–water partition coefficient (Wildman–Crippen LogP) is 2.42. The van der Waals surface area contributed by atoms with Crippen molar-refractivity contribution in [1.82, 2.24) is 0 Å². The van der Waals surface area contributed by atoms with Crippen LogP contribution in [0.1, 0.15) is 25.0 Å². The van der Waals surface area contributed by atoms with Gasteiger partial charge in [0.15, 0.2) is 11.6 Å². The number of methoxy groups -OCH3 is 1. The van der Waals surface area contributed by atoms with Crippen molar-refractivity contribution < 1.29 is 18.6 Å². The topological polar surface area (TPSA) is 29.5 Å². The standard InChI is InChI=1S/C11H14F2O2/c1-3-9(15-2)11(14)7-5-4-6-8(12)10(7)13/h4-6,9,11,14H,3H2,1-2H3. The van der Waals surface area contributed by atoms with Crippen molar-refractivity contribution >= 4 is 0 Å². The van der Waals surface area contributed by atoms with Gasteiger partial charge in [0.2, 0.25) is 0 Å². The molecular formula is C11H14F2O2. The van der Waals surface area contributed by atoms with Gasteiger partial charge in [-0.2, -0.15) is 0 Å². The average molecular weight is 216 g/mol. The van der Waals surface area contributed by atoms with Crippen LogP contribution in [0.2, 0.25) is 0 Å². The van der Waals surface area contributed by atoms with Gasteiger partial charge in [0.1, 0.15) is 6.10 Å². The minimum Gasteiger partial charge on any atom is -0.386 e. The lowest BCUT2D eigenvalue weighted by Gasteiger charge is -2.20. The summed E-state index contributed by atoms with van der Waals surface area (Å²) in [5.74, 6) is -1.97. The monoisotopic (exact) mass is 216 g/mol. The maximum Gasteiger partial charge on any atom is 0.164 e. The van der Waals surface area contributed by atoms with E-state index in [4.69, 9.17) is 4.74 Å². The third kappa shape index (κ3) is 2.52. The Labute approximate surface area is 87.5 Å². The normalized spacial score (nSPS) is 15.0. The zero-order valence-electron chi connectivity index (χ0n) is 8.71. The fourth-order valence-corrected chi connectivity index (χ4v) is 1.47. The van der Waals surface area contributed by atoms with Gasteiger partial charge in [0.25, 0.3) is 0 Å². The molecule has 0 saturated carbocycles. The van der Waals surface area contributed by atoms with Crippen LogP contribution in [0.4, 0.5) is 8.78 Å². The molecule has 0 bridgehead atoms. The highest BCUT2D eigenvalue weighted by Gasteiger charge is 2.23. The average Bonchev–Trinajstić information content (AvgIpc) is 2.23. The van der Waals surface area contributed by atoms with Crippen LogP contribution in [0, 0.1) is 11.6 Å². The number of hydrogen-bond donors (Lipinski definition) is 1. The first-order valence-electron chi connectivity index (χ1n) is 4.76. The fraction of sp³-hybridized carbons (Fsp3) is 0.455. The number of ether oxygens (including phenoxy) is 1. The van der Waals surface area contributed by atoms with Crippen LogP contribution in [0.25, 0.3) is 0 Å². The molecule has 1 aromatic rings. The highest BCUT2D eigenvalue weighted by molar-refractivity contribution is 5.22. The van der Waals surface area contributed by atoms with Crippen LogP contribution in [-0.2, 0) is 4.74 Å². The minimum absolute atomic E-state index is 0.0660. The van der Waals surface area contributed by atoms with E-state index in [1.807, 2.05) is 0 Å². The van der Waals surface area contributed by atoms with E-state index in [0.717, 1.165) is 6.07 Å². The van der Waals surface area contributed by atoms with Crippen LogP contribution >= 0.6 is 0 Å². The highest BCUT2D eigenvalue weighted by Crippen LogP contribution is 2.24. The van der Waals surface area contributed by atoms with Crippen molar-refractivity contribution in [2.75, 3.05) is 7.11 Å². The van der Waals surface area contributed by atoms with Crippen LogP contribution in [0.5, 0.6) is 0 Å². The predicted molar refractivity (Wildman–Crippen MR) is 52.4 cm³/mol. The van der Waals surface area contributed by atoms with Crippen molar-refractivity contribution in [3.8, 4) is 0 Å². The molecule has 84 valence electrons. The highest BCUT2D eigenvalue weighted by atomic mass is 19.2. The van der Waals surface area contributed by atoms with Gasteiger partial charge in [-0.3, -0.25) is 0 Å². The molecule has 1 N–H and O–H groups in total. The Morgan fingerprint density at radius 3 is 2.60 bits per heavy atom. The first kappa shape index (κ1) is 12.1. The molecule has 1 aromatic carbocycles. The van der Waals surface area contributed by atoms with E-state index >= 15 is 0 Å². The Morgan fingerprint density at radius 1 is 1.40 bits per heavy atom. The smallest absolute Gasteiger partial charge is 0.164 e. The van der Waals surface area contributed by atoms with Crippen molar-refractivity contribution in [1.29, 1.82) is 0 Å². The second-order valence-corrected chi connectivity index (χ2v) is 3.27. The molecule has 2 unspecified atom stereocenters. The number of rotatable bonds is 4. The zero-order chi connectivity index (χ0) is 11.4. The molecule has 0 radical (unpaired) electrons. The van der Waals surface area contributed by atoms with Crippen molar-refractivity contribution in [2.45, 2.75) is 25.6 Å². The summed E-state index contributed by atoms with van der Waals surface area (Å²) in [5.41, 5.74) is -0.0660. The molecule has 0 aromatic heterocycles. The lowest BCUT2D eigenvalue weighted by molar-refractivity contribution is -0.0167. The lowest BCUT2D eigenvalue weighted by Crippen LogP contribution is -2.21. The summed E-state index contributed by atoms with van der Waals surface area (Å²) in [4.78, 5) is 0. The molecule has 2 atom stereocenters. The number of aliphatic hydroxyl groups is 1. The summed E-state index contributed by atoms with van der Waals surface area (Å²) in [6, 6.07) is 3.73. The molecule has 0 aliphatic rings. The van der Waals surface area contributed by atoms with Gasteiger partial charge in [0.05, 0.1) is 6.10 Å². The summed E-state index contributed by atoms with van der Waals surface area (Å²) in [7, 11) is 1.43. The molecule has 4 heteroatoms. The SMILES string of the molecule is CCC(OC)C(O)c1cccc(F)c1F. The van der Waals surface area contributed by atoms with Gasteiger partial charge in [-0.25, -0.2) is 8.78 Å². The van der Waals surface area contributed by atoms with Crippen molar-refractivity contribution in [3.05, 3.63) is 35.4 Å². The first-order valence-corrected chi connectivity index (χ1v) is 4.76.